The highest BCUT2D eigenvalue weighted by Gasteiger charge is 2.25. The Morgan fingerprint density at radius 2 is 1.95 bits per heavy atom. The third kappa shape index (κ3) is 5.41. The number of benzene rings is 1. The number of hydrogen-bond donors (Lipinski definition) is 1. The van der Waals surface area contributed by atoms with Gasteiger partial charge in [0.2, 0.25) is 0 Å². The van der Waals surface area contributed by atoms with Gasteiger partial charge in [-0.1, -0.05) is 26.0 Å². The molecule has 0 aromatic heterocycles. The van der Waals surface area contributed by atoms with Crippen LogP contribution in [0.4, 0.5) is 0 Å². The van der Waals surface area contributed by atoms with E-state index in [9.17, 15) is 4.79 Å². The maximum Gasteiger partial charge on any atom is 0.309 e. The molecule has 118 valence electrons. The second-order valence-electron chi connectivity index (χ2n) is 6.67. The van der Waals surface area contributed by atoms with E-state index in [1.165, 1.54) is 5.56 Å². The molecule has 0 saturated carbocycles. The van der Waals surface area contributed by atoms with Gasteiger partial charge < -0.3 is 9.84 Å². The number of carboxylic acid groups (broad SMARTS) is 1. The molecule has 1 N–H and O–H groups in total. The van der Waals surface area contributed by atoms with Gasteiger partial charge in [-0.05, 0) is 63.1 Å². The Morgan fingerprint density at radius 3 is 2.52 bits per heavy atom. The molecular formula is C18H28O3. The average molecular weight is 292 g/mol. The molecule has 1 aromatic carbocycles. The van der Waals surface area contributed by atoms with Crippen molar-refractivity contribution < 1.29 is 14.6 Å². The van der Waals surface area contributed by atoms with E-state index in [0.717, 1.165) is 24.2 Å². The lowest BCUT2D eigenvalue weighted by molar-refractivity contribution is -0.147. The van der Waals surface area contributed by atoms with E-state index < -0.39 is 11.4 Å². The molecule has 0 aliphatic heterocycles. The minimum Gasteiger partial charge on any atom is -0.493 e. The molecule has 0 fully saturated rings. The predicted octanol–water partition coefficient (Wildman–Crippen LogP) is 4.78. The second kappa shape index (κ2) is 7.48. The smallest absolute Gasteiger partial charge is 0.309 e. The zero-order valence-corrected chi connectivity index (χ0v) is 13.9. The van der Waals surface area contributed by atoms with Gasteiger partial charge in [-0.2, -0.15) is 0 Å². The van der Waals surface area contributed by atoms with Crippen molar-refractivity contribution in [1.82, 2.24) is 0 Å². The maximum atomic E-state index is 11.0. The molecule has 21 heavy (non-hydrogen) atoms. The summed E-state index contributed by atoms with van der Waals surface area (Å²) in [5, 5.41) is 9.06. The first-order chi connectivity index (χ1) is 9.74. The monoisotopic (exact) mass is 292 g/mol. The summed E-state index contributed by atoms with van der Waals surface area (Å²) in [6.07, 6.45) is 2.42. The van der Waals surface area contributed by atoms with Gasteiger partial charge in [-0.15, -0.1) is 0 Å². The molecule has 0 atom stereocenters. The molecule has 0 heterocycles. The predicted molar refractivity (Wildman–Crippen MR) is 86.0 cm³/mol. The van der Waals surface area contributed by atoms with Crippen molar-refractivity contribution >= 4 is 5.97 Å². The zero-order chi connectivity index (χ0) is 16.0. The van der Waals surface area contributed by atoms with Gasteiger partial charge in [0.1, 0.15) is 5.75 Å². The minimum absolute atomic E-state index is 0.490. The summed E-state index contributed by atoms with van der Waals surface area (Å²) >= 11 is 0. The Balaban J connectivity index is 2.43. The molecule has 1 aromatic rings. The van der Waals surface area contributed by atoms with E-state index in [4.69, 9.17) is 9.84 Å². The van der Waals surface area contributed by atoms with Crippen molar-refractivity contribution in [2.45, 2.75) is 59.8 Å². The third-order valence-corrected chi connectivity index (χ3v) is 3.91. The van der Waals surface area contributed by atoms with Gasteiger partial charge in [0, 0.05) is 0 Å². The molecular weight excluding hydrogens is 264 g/mol. The molecule has 0 aliphatic rings. The van der Waals surface area contributed by atoms with E-state index in [1.54, 1.807) is 13.8 Å². The second-order valence-corrected chi connectivity index (χ2v) is 6.67. The molecule has 3 heteroatoms. The van der Waals surface area contributed by atoms with Gasteiger partial charge in [-0.3, -0.25) is 4.79 Å². The zero-order valence-electron chi connectivity index (χ0n) is 13.9. The van der Waals surface area contributed by atoms with Crippen LogP contribution in [0.25, 0.3) is 0 Å². The average Bonchev–Trinajstić information content (AvgIpc) is 2.39. The van der Waals surface area contributed by atoms with Crippen LogP contribution < -0.4 is 4.74 Å². The van der Waals surface area contributed by atoms with Crippen molar-refractivity contribution in [1.29, 1.82) is 0 Å². The van der Waals surface area contributed by atoms with E-state index in [1.807, 2.05) is 6.92 Å². The first-order valence-electron chi connectivity index (χ1n) is 7.71. The number of unbranched alkanes of at least 4 members (excludes halogenated alkanes) is 1. The van der Waals surface area contributed by atoms with E-state index in [2.05, 4.69) is 32.0 Å². The van der Waals surface area contributed by atoms with Crippen LogP contribution in [0, 0.1) is 12.3 Å². The molecule has 0 radical (unpaired) electrons. The fourth-order valence-electron chi connectivity index (χ4n) is 2.09. The van der Waals surface area contributed by atoms with Gasteiger partial charge in [-0.25, -0.2) is 0 Å². The topological polar surface area (TPSA) is 46.5 Å². The molecule has 0 unspecified atom stereocenters. The Hall–Kier alpha value is -1.51. The van der Waals surface area contributed by atoms with Gasteiger partial charge in [0.15, 0.2) is 0 Å². The van der Waals surface area contributed by atoms with Crippen molar-refractivity contribution in [3.63, 3.8) is 0 Å². The quantitative estimate of drug-likeness (QED) is 0.701. The molecule has 0 aliphatic carbocycles. The first kappa shape index (κ1) is 17.5. The number of carboxylic acids is 1. The Morgan fingerprint density at radius 1 is 1.29 bits per heavy atom. The molecule has 3 nitrogen and oxygen atoms in total. The van der Waals surface area contributed by atoms with Crippen LogP contribution in [-0.4, -0.2) is 17.7 Å². The number of aryl methyl sites for hydroxylation is 1. The van der Waals surface area contributed by atoms with Gasteiger partial charge >= 0.3 is 5.97 Å². The highest BCUT2D eigenvalue weighted by molar-refractivity contribution is 5.73. The lowest BCUT2D eigenvalue weighted by Crippen LogP contribution is -2.23. The van der Waals surface area contributed by atoms with E-state index >= 15 is 0 Å². The Kier molecular flexibility index (Phi) is 6.25. The normalized spacial score (nSPS) is 11.7. The lowest BCUT2D eigenvalue weighted by atomic mass is 9.87. The Labute approximate surface area is 128 Å². The summed E-state index contributed by atoms with van der Waals surface area (Å²) in [7, 11) is 0. The van der Waals surface area contributed by atoms with Crippen LogP contribution in [0.3, 0.4) is 0 Å². The number of hydrogen-bond acceptors (Lipinski definition) is 2. The van der Waals surface area contributed by atoms with Gasteiger partial charge in [0.25, 0.3) is 0 Å². The Bertz CT molecular complexity index is 475. The number of aliphatic carboxylic acids is 1. The highest BCUT2D eigenvalue weighted by Crippen LogP contribution is 2.26. The maximum absolute atomic E-state index is 11.0. The van der Waals surface area contributed by atoms with Crippen LogP contribution in [0.2, 0.25) is 0 Å². The fourth-order valence-corrected chi connectivity index (χ4v) is 2.09. The van der Waals surface area contributed by atoms with Crippen LogP contribution in [-0.2, 0) is 4.79 Å². The molecule has 0 saturated heterocycles. The summed E-state index contributed by atoms with van der Waals surface area (Å²) in [5.41, 5.74) is 1.78. The molecule has 0 spiro atoms. The lowest BCUT2D eigenvalue weighted by Gasteiger charge is -2.18. The first-order valence-corrected chi connectivity index (χ1v) is 7.71. The number of rotatable bonds is 8. The van der Waals surface area contributed by atoms with Crippen molar-refractivity contribution in [3.05, 3.63) is 29.3 Å². The van der Waals surface area contributed by atoms with Gasteiger partial charge in [0.05, 0.1) is 12.0 Å². The molecule has 0 bridgehead atoms. The summed E-state index contributed by atoms with van der Waals surface area (Å²) < 4.78 is 5.86. The molecule has 0 amide bonds. The van der Waals surface area contributed by atoms with Crippen LogP contribution >= 0.6 is 0 Å². The SMILES string of the molecule is Cc1ccc(C(C)C)cc1OCCCCC(C)(C)C(=O)O. The van der Waals surface area contributed by atoms with Crippen LogP contribution in [0.15, 0.2) is 18.2 Å². The number of carbonyl (C=O) groups is 1. The van der Waals surface area contributed by atoms with Crippen LogP contribution in [0.1, 0.15) is 64.0 Å². The van der Waals surface area contributed by atoms with Crippen molar-refractivity contribution in [2.24, 2.45) is 5.41 Å². The molecule has 1 rings (SSSR count). The number of ether oxygens (including phenoxy) is 1. The van der Waals surface area contributed by atoms with Crippen molar-refractivity contribution in [3.8, 4) is 5.75 Å². The van der Waals surface area contributed by atoms with Crippen LogP contribution in [0.5, 0.6) is 5.75 Å². The van der Waals surface area contributed by atoms with E-state index in [-0.39, 0.29) is 0 Å². The summed E-state index contributed by atoms with van der Waals surface area (Å²) in [4.78, 5) is 11.0. The summed E-state index contributed by atoms with van der Waals surface area (Å²) in [5.74, 6) is 0.701. The standard InChI is InChI=1S/C18H28O3/c1-13(2)15-9-8-14(3)16(12-15)21-11-7-6-10-18(4,5)17(19)20/h8-9,12-13H,6-7,10-11H2,1-5H3,(H,19,20). The largest absolute Gasteiger partial charge is 0.493 e. The fraction of sp³-hybridized carbons (Fsp3) is 0.611. The van der Waals surface area contributed by atoms with Crippen molar-refractivity contribution in [2.75, 3.05) is 6.61 Å². The highest BCUT2D eigenvalue weighted by atomic mass is 16.5. The summed E-state index contributed by atoms with van der Waals surface area (Å²) in [6, 6.07) is 6.35. The van der Waals surface area contributed by atoms with E-state index in [0.29, 0.717) is 18.9 Å². The third-order valence-electron chi connectivity index (χ3n) is 3.91. The summed E-state index contributed by atoms with van der Waals surface area (Å²) in [6.45, 7) is 10.6. The minimum atomic E-state index is -0.733.